The molecular formula is C17H24N2O2S. The van der Waals surface area contributed by atoms with Crippen LogP contribution in [0.1, 0.15) is 56.4 Å². The van der Waals surface area contributed by atoms with Crippen molar-refractivity contribution < 1.29 is 9.53 Å². The Kier molecular flexibility index (Phi) is 7.30. The van der Waals surface area contributed by atoms with E-state index in [0.29, 0.717) is 13.0 Å². The fraction of sp³-hybridized carbons (Fsp3) is 0.529. The predicted molar refractivity (Wildman–Crippen MR) is 91.7 cm³/mol. The molecule has 1 aliphatic heterocycles. The molecule has 1 heterocycles. The fourth-order valence-corrected chi connectivity index (χ4v) is 3.38. The van der Waals surface area contributed by atoms with Crippen LogP contribution in [-0.2, 0) is 9.53 Å². The molecule has 120 valence electrons. The van der Waals surface area contributed by atoms with Gasteiger partial charge in [-0.05, 0) is 31.7 Å². The van der Waals surface area contributed by atoms with Gasteiger partial charge < -0.3 is 4.74 Å². The van der Waals surface area contributed by atoms with Crippen molar-refractivity contribution in [1.82, 2.24) is 5.43 Å². The number of hydrogen-bond acceptors (Lipinski definition) is 5. The number of hydrazone groups is 1. The van der Waals surface area contributed by atoms with Gasteiger partial charge in [0.15, 0.2) is 0 Å². The number of ether oxygens (including phenoxy) is 1. The van der Waals surface area contributed by atoms with Gasteiger partial charge in [0, 0.05) is 6.42 Å². The summed E-state index contributed by atoms with van der Waals surface area (Å²) in [4.78, 5) is 11.2. The summed E-state index contributed by atoms with van der Waals surface area (Å²) in [6, 6.07) is 10.4. The number of nitrogens with zero attached hydrogens (tertiary/aromatic N) is 1. The van der Waals surface area contributed by atoms with Crippen LogP contribution in [0.5, 0.6) is 0 Å². The summed E-state index contributed by atoms with van der Waals surface area (Å²) in [5, 5.41) is 5.85. The summed E-state index contributed by atoms with van der Waals surface area (Å²) in [6.07, 6.45) is 5.81. The van der Waals surface area contributed by atoms with Crippen molar-refractivity contribution >= 4 is 22.8 Å². The lowest BCUT2D eigenvalue weighted by atomic mass is 10.1. The first-order chi connectivity index (χ1) is 10.8. The monoisotopic (exact) mass is 320 g/mol. The highest BCUT2D eigenvalue weighted by Gasteiger charge is 2.19. The molecule has 0 spiro atoms. The normalized spacial score (nSPS) is 17.0. The van der Waals surface area contributed by atoms with Crippen molar-refractivity contribution in [2.24, 2.45) is 5.10 Å². The Bertz CT molecular complexity index is 491. The highest BCUT2D eigenvalue weighted by atomic mass is 32.2. The summed E-state index contributed by atoms with van der Waals surface area (Å²) in [7, 11) is 0. The molecule has 0 aliphatic carbocycles. The largest absolute Gasteiger partial charge is 0.466 e. The summed E-state index contributed by atoms with van der Waals surface area (Å²) < 4.78 is 4.91. The van der Waals surface area contributed by atoms with Crippen LogP contribution in [0.4, 0.5) is 0 Å². The molecule has 0 bridgehead atoms. The number of hydrogen-bond donors (Lipinski definition) is 1. The molecule has 0 amide bonds. The van der Waals surface area contributed by atoms with Gasteiger partial charge in [-0.15, -0.1) is 0 Å². The van der Waals surface area contributed by atoms with E-state index in [2.05, 4.69) is 34.8 Å². The molecule has 0 aromatic heterocycles. The van der Waals surface area contributed by atoms with E-state index in [1.54, 1.807) is 11.8 Å². The zero-order valence-corrected chi connectivity index (χ0v) is 13.9. The zero-order valence-electron chi connectivity index (χ0n) is 13.1. The third-order valence-electron chi connectivity index (χ3n) is 3.49. The van der Waals surface area contributed by atoms with Gasteiger partial charge in [0.05, 0.1) is 11.7 Å². The molecule has 1 N–H and O–H groups in total. The molecule has 1 aromatic carbocycles. The van der Waals surface area contributed by atoms with E-state index >= 15 is 0 Å². The SMILES string of the molecule is CCOC(=O)CCCCCCC1=NNC(c2ccccc2)S1. The van der Waals surface area contributed by atoms with E-state index in [0.717, 1.165) is 32.1 Å². The number of carbonyl (C=O) groups is 1. The van der Waals surface area contributed by atoms with Gasteiger partial charge in [-0.1, -0.05) is 54.9 Å². The number of rotatable bonds is 9. The number of unbranched alkanes of at least 4 members (excludes halogenated alkanes) is 3. The van der Waals surface area contributed by atoms with Crippen LogP contribution < -0.4 is 5.43 Å². The third-order valence-corrected chi connectivity index (χ3v) is 4.67. The Morgan fingerprint density at radius 3 is 2.77 bits per heavy atom. The quantitative estimate of drug-likeness (QED) is 0.546. The highest BCUT2D eigenvalue weighted by Crippen LogP contribution is 2.33. The number of nitrogens with one attached hydrogen (secondary N) is 1. The molecule has 5 heteroatoms. The maximum atomic E-state index is 11.2. The summed E-state index contributed by atoms with van der Waals surface area (Å²) in [6.45, 7) is 2.32. The second-order valence-electron chi connectivity index (χ2n) is 5.26. The molecular weight excluding hydrogens is 296 g/mol. The fourth-order valence-electron chi connectivity index (χ4n) is 2.34. The molecule has 1 aliphatic rings. The second-order valence-corrected chi connectivity index (χ2v) is 6.44. The minimum atomic E-state index is -0.0758. The van der Waals surface area contributed by atoms with E-state index in [4.69, 9.17) is 4.74 Å². The van der Waals surface area contributed by atoms with Crippen LogP contribution in [0.2, 0.25) is 0 Å². The average Bonchev–Trinajstić information content (AvgIpc) is 3.01. The molecule has 0 saturated heterocycles. The number of benzene rings is 1. The highest BCUT2D eigenvalue weighted by molar-refractivity contribution is 8.14. The van der Waals surface area contributed by atoms with Gasteiger partial charge in [0.25, 0.3) is 0 Å². The van der Waals surface area contributed by atoms with Crippen molar-refractivity contribution in [3.8, 4) is 0 Å². The van der Waals surface area contributed by atoms with Crippen LogP contribution in [0.3, 0.4) is 0 Å². The lowest BCUT2D eigenvalue weighted by molar-refractivity contribution is -0.143. The van der Waals surface area contributed by atoms with Gasteiger partial charge >= 0.3 is 5.97 Å². The molecule has 22 heavy (non-hydrogen) atoms. The van der Waals surface area contributed by atoms with Crippen molar-refractivity contribution in [2.45, 2.75) is 50.8 Å². The Morgan fingerprint density at radius 1 is 1.23 bits per heavy atom. The first-order valence-corrected chi connectivity index (χ1v) is 8.87. The Hall–Kier alpha value is -1.49. The van der Waals surface area contributed by atoms with Gasteiger partial charge in [-0.25, -0.2) is 0 Å². The summed E-state index contributed by atoms with van der Waals surface area (Å²) >= 11 is 1.80. The van der Waals surface area contributed by atoms with Crippen LogP contribution in [0.15, 0.2) is 35.4 Å². The smallest absolute Gasteiger partial charge is 0.305 e. The van der Waals surface area contributed by atoms with Gasteiger partial charge in [0.2, 0.25) is 0 Å². The van der Waals surface area contributed by atoms with E-state index < -0.39 is 0 Å². The standard InChI is InChI=1S/C17H24N2O2S/c1-2-21-16(20)13-9-4-3-8-12-15-18-19-17(22-15)14-10-6-5-7-11-14/h5-7,10-11,17,19H,2-4,8-9,12-13H2,1H3. The lowest BCUT2D eigenvalue weighted by Gasteiger charge is -2.08. The molecule has 0 fully saturated rings. The first kappa shape index (κ1) is 16.9. The summed E-state index contributed by atoms with van der Waals surface area (Å²) in [5.41, 5.74) is 4.46. The van der Waals surface area contributed by atoms with Crippen LogP contribution in [-0.4, -0.2) is 17.6 Å². The third kappa shape index (κ3) is 5.72. The van der Waals surface area contributed by atoms with Crippen LogP contribution in [0.25, 0.3) is 0 Å². The Balaban J connectivity index is 1.54. The van der Waals surface area contributed by atoms with Crippen molar-refractivity contribution in [3.05, 3.63) is 35.9 Å². The van der Waals surface area contributed by atoms with E-state index in [9.17, 15) is 4.79 Å². The maximum absolute atomic E-state index is 11.2. The van der Waals surface area contributed by atoms with Crippen LogP contribution in [0, 0.1) is 0 Å². The molecule has 0 radical (unpaired) electrons. The van der Waals surface area contributed by atoms with Crippen LogP contribution >= 0.6 is 11.8 Å². The molecule has 1 unspecified atom stereocenters. The second kappa shape index (κ2) is 9.51. The van der Waals surface area contributed by atoms with E-state index in [1.165, 1.54) is 10.6 Å². The van der Waals surface area contributed by atoms with Gasteiger partial charge in [0.1, 0.15) is 5.37 Å². The Morgan fingerprint density at radius 2 is 2.00 bits per heavy atom. The summed E-state index contributed by atoms with van der Waals surface area (Å²) in [5.74, 6) is -0.0758. The molecule has 0 saturated carbocycles. The first-order valence-electron chi connectivity index (χ1n) is 7.99. The predicted octanol–water partition coefficient (Wildman–Crippen LogP) is 4.24. The van der Waals surface area contributed by atoms with Gasteiger partial charge in [-0.2, -0.15) is 5.10 Å². The van der Waals surface area contributed by atoms with Crippen molar-refractivity contribution in [1.29, 1.82) is 0 Å². The minimum absolute atomic E-state index is 0.0758. The number of carbonyl (C=O) groups excluding carboxylic acids is 1. The van der Waals surface area contributed by atoms with Crippen molar-refractivity contribution in [2.75, 3.05) is 6.61 Å². The number of thioether (sulfide) groups is 1. The van der Waals surface area contributed by atoms with E-state index in [-0.39, 0.29) is 11.3 Å². The maximum Gasteiger partial charge on any atom is 0.305 e. The van der Waals surface area contributed by atoms with E-state index in [1.807, 2.05) is 13.0 Å². The molecule has 1 atom stereocenters. The molecule has 4 nitrogen and oxygen atoms in total. The average molecular weight is 320 g/mol. The Labute approximate surface area is 136 Å². The van der Waals surface area contributed by atoms with Crippen molar-refractivity contribution in [3.63, 3.8) is 0 Å². The topological polar surface area (TPSA) is 50.7 Å². The molecule has 1 aromatic rings. The zero-order chi connectivity index (χ0) is 15.6. The number of esters is 1. The minimum Gasteiger partial charge on any atom is -0.466 e. The van der Waals surface area contributed by atoms with Gasteiger partial charge in [-0.3, -0.25) is 10.2 Å². The lowest BCUT2D eigenvalue weighted by Crippen LogP contribution is -2.05. The molecule has 2 rings (SSSR count).